The molecular formula is C12H13F3N2. The van der Waals surface area contributed by atoms with Gasteiger partial charge in [0.05, 0.1) is 6.07 Å². The van der Waals surface area contributed by atoms with Crippen molar-refractivity contribution >= 4 is 0 Å². The third-order valence-electron chi connectivity index (χ3n) is 2.48. The Hall–Kier alpha value is -1.54. The number of nitrogens with one attached hydrogen (secondary N) is 1. The van der Waals surface area contributed by atoms with Crippen LogP contribution in [0.2, 0.25) is 0 Å². The smallest absolute Gasteiger partial charge is 0.309 e. The van der Waals surface area contributed by atoms with Crippen LogP contribution in [-0.2, 0) is 0 Å². The number of halogens is 3. The number of nitriles is 1. The van der Waals surface area contributed by atoms with Gasteiger partial charge in [0.15, 0.2) is 5.92 Å². The van der Waals surface area contributed by atoms with E-state index in [9.17, 15) is 13.2 Å². The molecule has 92 valence electrons. The van der Waals surface area contributed by atoms with Crippen molar-refractivity contribution in [3.05, 3.63) is 35.9 Å². The third kappa shape index (κ3) is 4.08. The topological polar surface area (TPSA) is 35.8 Å². The van der Waals surface area contributed by atoms with Gasteiger partial charge < -0.3 is 5.32 Å². The molecule has 1 N–H and O–H groups in total. The average Bonchev–Trinajstić information content (AvgIpc) is 2.29. The lowest BCUT2D eigenvalue weighted by atomic mass is 10.1. The summed E-state index contributed by atoms with van der Waals surface area (Å²) in [5.41, 5.74) is 0.895. The van der Waals surface area contributed by atoms with Crippen molar-refractivity contribution < 1.29 is 13.2 Å². The summed E-state index contributed by atoms with van der Waals surface area (Å²) in [6.07, 6.45) is -4.47. The van der Waals surface area contributed by atoms with E-state index in [0.29, 0.717) is 0 Å². The number of hydrogen-bond acceptors (Lipinski definition) is 2. The molecule has 0 amide bonds. The van der Waals surface area contributed by atoms with E-state index < -0.39 is 18.6 Å². The molecule has 0 saturated heterocycles. The standard InChI is InChI=1S/C12H13F3N2/c1-9(10-5-3-2-4-6-10)17-8-11(7-16)12(13,14)15/h2-6,9,11,17H,8H2,1H3/t9-,11?/m0/s1. The van der Waals surface area contributed by atoms with Crippen LogP contribution in [0, 0.1) is 17.2 Å². The van der Waals surface area contributed by atoms with Gasteiger partial charge in [0.25, 0.3) is 0 Å². The fourth-order valence-electron chi connectivity index (χ4n) is 1.39. The monoisotopic (exact) mass is 242 g/mol. The Morgan fingerprint density at radius 3 is 2.35 bits per heavy atom. The minimum atomic E-state index is -4.47. The summed E-state index contributed by atoms with van der Waals surface area (Å²) in [6.45, 7) is 1.37. The maximum Gasteiger partial charge on any atom is 0.405 e. The van der Waals surface area contributed by atoms with Gasteiger partial charge in [-0.2, -0.15) is 18.4 Å². The van der Waals surface area contributed by atoms with Gasteiger partial charge in [-0.1, -0.05) is 30.3 Å². The summed E-state index contributed by atoms with van der Waals surface area (Å²) >= 11 is 0. The fourth-order valence-corrected chi connectivity index (χ4v) is 1.39. The Morgan fingerprint density at radius 1 is 1.29 bits per heavy atom. The van der Waals surface area contributed by atoms with Crippen molar-refractivity contribution in [1.82, 2.24) is 5.32 Å². The van der Waals surface area contributed by atoms with Crippen molar-refractivity contribution in [2.45, 2.75) is 19.1 Å². The molecule has 0 bridgehead atoms. The van der Waals surface area contributed by atoms with Crippen LogP contribution in [0.3, 0.4) is 0 Å². The molecule has 0 heterocycles. The number of hydrogen-bond donors (Lipinski definition) is 1. The SMILES string of the molecule is C[C@H](NCC(C#N)C(F)(F)F)c1ccccc1. The zero-order valence-electron chi connectivity index (χ0n) is 9.33. The van der Waals surface area contributed by atoms with Crippen molar-refractivity contribution in [1.29, 1.82) is 5.26 Å². The Bertz CT molecular complexity index is 381. The fraction of sp³-hybridized carbons (Fsp3) is 0.417. The number of benzene rings is 1. The lowest BCUT2D eigenvalue weighted by Gasteiger charge is -2.18. The lowest BCUT2D eigenvalue weighted by molar-refractivity contribution is -0.157. The highest BCUT2D eigenvalue weighted by Gasteiger charge is 2.39. The molecule has 1 unspecified atom stereocenters. The van der Waals surface area contributed by atoms with Gasteiger partial charge in [-0.25, -0.2) is 0 Å². The van der Waals surface area contributed by atoms with E-state index in [0.717, 1.165) is 5.56 Å². The zero-order valence-corrected chi connectivity index (χ0v) is 9.33. The molecule has 0 aromatic heterocycles. The Kier molecular flexibility index (Phi) is 4.53. The van der Waals surface area contributed by atoms with E-state index in [-0.39, 0.29) is 6.04 Å². The quantitative estimate of drug-likeness (QED) is 0.880. The molecule has 1 aromatic rings. The van der Waals surface area contributed by atoms with E-state index in [1.54, 1.807) is 6.92 Å². The molecule has 0 aliphatic heterocycles. The highest BCUT2D eigenvalue weighted by molar-refractivity contribution is 5.18. The Morgan fingerprint density at radius 2 is 1.88 bits per heavy atom. The summed E-state index contributed by atoms with van der Waals surface area (Å²) < 4.78 is 36.9. The average molecular weight is 242 g/mol. The van der Waals surface area contributed by atoms with Crippen molar-refractivity contribution in [3.63, 3.8) is 0 Å². The minimum Gasteiger partial charge on any atom is -0.309 e. The molecule has 5 heteroatoms. The van der Waals surface area contributed by atoms with Crippen LogP contribution in [-0.4, -0.2) is 12.7 Å². The van der Waals surface area contributed by atoms with Gasteiger partial charge in [-0.15, -0.1) is 0 Å². The summed E-state index contributed by atoms with van der Waals surface area (Å²) in [5, 5.41) is 11.1. The van der Waals surface area contributed by atoms with Gasteiger partial charge in [0.2, 0.25) is 0 Å². The molecule has 0 radical (unpaired) electrons. The van der Waals surface area contributed by atoms with E-state index >= 15 is 0 Å². The van der Waals surface area contributed by atoms with Crippen molar-refractivity contribution in [2.24, 2.45) is 5.92 Å². The van der Waals surface area contributed by atoms with Crippen LogP contribution >= 0.6 is 0 Å². The molecule has 2 atom stereocenters. The van der Waals surface area contributed by atoms with E-state index in [1.165, 1.54) is 6.07 Å². The van der Waals surface area contributed by atoms with E-state index in [1.807, 2.05) is 30.3 Å². The van der Waals surface area contributed by atoms with Crippen LogP contribution in [0.5, 0.6) is 0 Å². The van der Waals surface area contributed by atoms with Gasteiger partial charge in [0, 0.05) is 12.6 Å². The first kappa shape index (κ1) is 13.5. The van der Waals surface area contributed by atoms with Crippen LogP contribution in [0.4, 0.5) is 13.2 Å². The molecule has 0 aliphatic rings. The lowest BCUT2D eigenvalue weighted by Crippen LogP contribution is -2.33. The molecule has 0 aliphatic carbocycles. The van der Waals surface area contributed by atoms with Crippen molar-refractivity contribution in [3.8, 4) is 6.07 Å². The van der Waals surface area contributed by atoms with Crippen LogP contribution in [0.1, 0.15) is 18.5 Å². The summed E-state index contributed by atoms with van der Waals surface area (Å²) in [5.74, 6) is -1.96. The van der Waals surface area contributed by atoms with Gasteiger partial charge in [-0.05, 0) is 12.5 Å². The molecule has 2 nitrogen and oxygen atoms in total. The normalized spacial score (nSPS) is 15.0. The molecule has 1 rings (SSSR count). The van der Waals surface area contributed by atoms with Gasteiger partial charge >= 0.3 is 6.18 Å². The summed E-state index contributed by atoms with van der Waals surface area (Å²) in [6, 6.07) is 10.2. The molecule has 0 spiro atoms. The molecular weight excluding hydrogens is 229 g/mol. The zero-order chi connectivity index (χ0) is 12.9. The Balaban J connectivity index is 2.54. The first-order valence-electron chi connectivity index (χ1n) is 5.20. The highest BCUT2D eigenvalue weighted by atomic mass is 19.4. The summed E-state index contributed by atoms with van der Waals surface area (Å²) in [4.78, 5) is 0. The van der Waals surface area contributed by atoms with Crippen LogP contribution < -0.4 is 5.32 Å². The largest absolute Gasteiger partial charge is 0.405 e. The maximum absolute atomic E-state index is 12.3. The van der Waals surface area contributed by atoms with E-state index in [4.69, 9.17) is 5.26 Å². The number of rotatable bonds is 4. The van der Waals surface area contributed by atoms with Crippen LogP contribution in [0.25, 0.3) is 0 Å². The predicted molar refractivity (Wildman–Crippen MR) is 58.0 cm³/mol. The molecule has 0 fully saturated rings. The van der Waals surface area contributed by atoms with Gasteiger partial charge in [0.1, 0.15) is 0 Å². The first-order chi connectivity index (χ1) is 7.95. The van der Waals surface area contributed by atoms with Crippen molar-refractivity contribution in [2.75, 3.05) is 6.54 Å². The minimum absolute atomic E-state index is 0.214. The number of alkyl halides is 3. The molecule has 0 saturated carbocycles. The second-order valence-electron chi connectivity index (χ2n) is 3.76. The highest BCUT2D eigenvalue weighted by Crippen LogP contribution is 2.25. The summed E-state index contributed by atoms with van der Waals surface area (Å²) in [7, 11) is 0. The maximum atomic E-state index is 12.3. The molecule has 17 heavy (non-hydrogen) atoms. The second-order valence-corrected chi connectivity index (χ2v) is 3.76. The Labute approximate surface area is 98.1 Å². The second kappa shape index (κ2) is 5.69. The third-order valence-corrected chi connectivity index (χ3v) is 2.48. The van der Waals surface area contributed by atoms with E-state index in [2.05, 4.69) is 5.32 Å². The number of nitrogens with zero attached hydrogens (tertiary/aromatic N) is 1. The predicted octanol–water partition coefficient (Wildman–Crippen LogP) is 3.04. The van der Waals surface area contributed by atoms with Crippen LogP contribution in [0.15, 0.2) is 30.3 Å². The van der Waals surface area contributed by atoms with Gasteiger partial charge in [-0.3, -0.25) is 0 Å². The first-order valence-corrected chi connectivity index (χ1v) is 5.20. The molecule has 1 aromatic carbocycles.